The standard InChI is InChI=1S/C28H28ClN3O.C19H24N2.C9H6ClNO2.CH4.BH2.U/c1-19-18-32(28(33)24-15-23-13-14-30-26(23)16-25(24)29)20(2)17-31(19)27(21-9-5-3-6-10-21)22-11-7-4-8-12-22;1-15-14-21(16(2)13-20-15)19(17-9-5-3-6-10-17)18-11-7-4-8-12-18;10-7-4-8-5(1-2-11-8)3-6(7)9(12)13;;;/h3-16,19-20,27,30H,17-18H2,1-2H3;3-12,15-16,19-20H,13-14H2,1-2H3;1-4,11H,(H,12,13);1H4;1H2;/t19-,20+;15-,16+;;;;/m01..../s1/i;;;;1T2;. The Balaban J connectivity index is 0.000000211. The van der Waals surface area contributed by atoms with Gasteiger partial charge in [-0.2, -0.15) is 0 Å². The zero-order valence-corrected chi connectivity index (χ0v) is 45.1. The van der Waals surface area contributed by atoms with Crippen LogP contribution in [-0.2, 0) is 0 Å². The van der Waals surface area contributed by atoms with Crippen LogP contribution >= 0.6 is 23.2 Å². The molecular formula is C57H64BCl2N6O3U. The molecule has 0 spiro atoms. The number of nitrogens with zero attached hydrogens (tertiary/aromatic N) is 3. The summed E-state index contributed by atoms with van der Waals surface area (Å²) < 4.78 is 11.5. The Kier molecular flexibility index (Phi) is 19.5. The molecule has 4 atom stereocenters. The minimum atomic E-state index is -1.01. The first-order chi connectivity index (χ1) is 33.9. The van der Waals surface area contributed by atoms with Crippen LogP contribution in [0.5, 0.6) is 0 Å². The van der Waals surface area contributed by atoms with Gasteiger partial charge in [-0.3, -0.25) is 14.6 Å². The number of carbonyl (C=O) groups excluding carboxylic acids is 1. The fourth-order valence-electron chi connectivity index (χ4n) is 9.53. The second-order valence-corrected chi connectivity index (χ2v) is 18.6. The number of fused-ring (bicyclic) bond motifs is 2. The van der Waals surface area contributed by atoms with Gasteiger partial charge in [0.2, 0.25) is 0 Å². The van der Waals surface area contributed by atoms with E-state index in [0.717, 1.165) is 41.4 Å². The molecule has 9 nitrogen and oxygen atoms in total. The van der Waals surface area contributed by atoms with Gasteiger partial charge in [0.1, 0.15) is 0 Å². The van der Waals surface area contributed by atoms with Gasteiger partial charge in [0.05, 0.1) is 41.6 Å². The van der Waals surface area contributed by atoms with Crippen molar-refractivity contribution >= 4 is 65.2 Å². The van der Waals surface area contributed by atoms with Gasteiger partial charge in [0.25, 0.3) is 5.91 Å². The Bertz CT molecular complexity index is 2840. The van der Waals surface area contributed by atoms with Gasteiger partial charge in [0.15, 0.2) is 0 Å². The van der Waals surface area contributed by atoms with E-state index in [1.165, 1.54) is 22.3 Å². The Hall–Kier alpha value is -5.08. The molecule has 2 aromatic heterocycles. The number of amides is 1. The molecule has 0 aliphatic carbocycles. The number of carbonyl (C=O) groups is 2. The summed E-state index contributed by atoms with van der Waals surface area (Å²) >= 11 is 12.3. The maximum absolute atomic E-state index is 13.6. The van der Waals surface area contributed by atoms with Crippen LogP contribution in [0.3, 0.4) is 0 Å². The number of rotatable bonds is 8. The molecule has 1 amide bonds. The molecule has 13 heteroatoms. The first-order valence-corrected chi connectivity index (χ1v) is 23.7. The third-order valence-electron chi connectivity index (χ3n) is 13.0. The molecular weight excluding hydrogens is 1140 g/mol. The third kappa shape index (κ3) is 13.1. The van der Waals surface area contributed by atoms with Crippen molar-refractivity contribution in [3.8, 4) is 0 Å². The maximum Gasteiger partial charge on any atom is 0.337 e. The molecule has 4 N–H and O–H groups in total. The Labute approximate surface area is 451 Å². The molecule has 10 rings (SSSR count). The minimum absolute atomic E-state index is 0. The Morgan fingerprint density at radius 2 is 1.00 bits per heavy atom. The van der Waals surface area contributed by atoms with Crippen molar-refractivity contribution in [2.24, 2.45) is 0 Å². The topological polar surface area (TPSA) is 108 Å². The van der Waals surface area contributed by atoms with Crippen LogP contribution in [-0.4, -0.2) is 103 Å². The number of carboxylic acids is 1. The van der Waals surface area contributed by atoms with Crippen LogP contribution in [0.4, 0.5) is 0 Å². The summed E-state index contributed by atoms with van der Waals surface area (Å²) in [6, 6.07) is 55.5. The predicted octanol–water partition coefficient (Wildman–Crippen LogP) is 11.8. The number of hydrogen-bond acceptors (Lipinski definition) is 5. The summed E-state index contributed by atoms with van der Waals surface area (Å²) in [6.45, 7) is 12.5. The van der Waals surface area contributed by atoms with E-state index in [0.29, 0.717) is 43.6 Å². The van der Waals surface area contributed by atoms with Crippen molar-refractivity contribution in [2.45, 2.75) is 71.4 Å². The molecule has 0 unspecified atom stereocenters. The van der Waals surface area contributed by atoms with Crippen molar-refractivity contribution in [1.82, 2.24) is 30.0 Å². The molecule has 2 fully saturated rings. The predicted molar refractivity (Wildman–Crippen MR) is 289 cm³/mol. The molecule has 0 saturated carbocycles. The number of nitrogens with one attached hydrogen (secondary N) is 3. The molecule has 0 bridgehead atoms. The van der Waals surface area contributed by atoms with Crippen molar-refractivity contribution in [3.05, 3.63) is 214 Å². The van der Waals surface area contributed by atoms with Crippen LogP contribution in [0.25, 0.3) is 21.8 Å². The van der Waals surface area contributed by atoms with E-state index in [1.807, 2.05) is 29.3 Å². The van der Waals surface area contributed by atoms with E-state index in [-0.39, 0.29) is 73.2 Å². The van der Waals surface area contributed by atoms with Gasteiger partial charge in [0, 0.05) is 116 Å². The van der Waals surface area contributed by atoms with Gasteiger partial charge in [-0.05, 0) is 89.0 Å². The molecule has 361 valence electrons. The van der Waals surface area contributed by atoms with Crippen molar-refractivity contribution in [3.63, 3.8) is 0 Å². The number of aromatic nitrogens is 2. The summed E-state index contributed by atoms with van der Waals surface area (Å²) in [5.74, 6) is -1.01. The average Bonchev–Trinajstić information content (AvgIpc) is 4.04. The molecule has 8 aromatic rings. The molecule has 2 aliphatic heterocycles. The minimum Gasteiger partial charge on any atom is -0.478 e. The number of halogens is 2. The van der Waals surface area contributed by atoms with Crippen LogP contribution in [0.2, 0.25) is 10.0 Å². The van der Waals surface area contributed by atoms with Crippen LogP contribution in [0, 0.1) is 31.1 Å². The fourth-order valence-corrected chi connectivity index (χ4v) is 10.0. The van der Waals surface area contributed by atoms with Crippen molar-refractivity contribution in [1.29, 1.82) is 2.67 Å². The van der Waals surface area contributed by atoms with Crippen LogP contribution in [0.1, 0.15) is 90.2 Å². The number of aromatic carboxylic acids is 1. The smallest absolute Gasteiger partial charge is 0.337 e. The number of carboxylic acid groups (broad SMARTS) is 1. The van der Waals surface area contributed by atoms with E-state index in [9.17, 15) is 9.59 Å². The molecule has 1 radical (unpaired) electrons. The second-order valence-electron chi connectivity index (χ2n) is 17.8. The summed E-state index contributed by atoms with van der Waals surface area (Å²) in [7, 11) is 0.500. The van der Waals surface area contributed by atoms with E-state index >= 15 is 0 Å². The van der Waals surface area contributed by atoms with E-state index in [1.54, 1.807) is 24.4 Å². The molecule has 2 saturated heterocycles. The fraction of sp³-hybridized carbons (Fsp3) is 0.263. The van der Waals surface area contributed by atoms with Crippen molar-refractivity contribution in [2.75, 3.05) is 26.2 Å². The second kappa shape index (κ2) is 25.9. The van der Waals surface area contributed by atoms with E-state index in [2.05, 4.69) is 174 Å². The van der Waals surface area contributed by atoms with E-state index < -0.39 is 5.97 Å². The zero-order valence-electron chi connectivity index (χ0n) is 41.4. The molecule has 70 heavy (non-hydrogen) atoms. The van der Waals surface area contributed by atoms with Crippen LogP contribution in [0.15, 0.2) is 170 Å². The van der Waals surface area contributed by atoms with Gasteiger partial charge >= 0.3 is 5.97 Å². The summed E-state index contributed by atoms with van der Waals surface area (Å²) in [5, 5.41) is 14.9. The largest absolute Gasteiger partial charge is 0.478 e. The third-order valence-corrected chi connectivity index (χ3v) is 13.6. The first kappa shape index (κ1) is 52.7. The SMILES string of the molecule is C.C[C@@H]1CN(C(c2ccccc2)c2ccccc2)[C@@H](C)CN1.C[C@@H]1CN(C(c2ccccc2)c2ccccc2)[C@@H](C)CN1C(=O)c1cc2cc[nH]c2cc1Cl.O=C(O)c1cc2cc[nH]c2cc1Cl.[3H][B][3H].[U]. The number of aromatic amines is 2. The number of H-pyrrole nitrogens is 2. The quantitative estimate of drug-likeness (QED) is 0.113. The Morgan fingerprint density at radius 1 is 0.600 bits per heavy atom. The normalized spacial score (nSPS) is 18.3. The number of hydrogen-bond donors (Lipinski definition) is 4. The molecule has 4 heterocycles. The number of benzene rings is 6. The first-order valence-electron chi connectivity index (χ1n) is 24.1. The zero-order chi connectivity index (χ0) is 49.7. The van der Waals surface area contributed by atoms with Crippen molar-refractivity contribution < 1.29 is 45.8 Å². The Morgan fingerprint density at radius 3 is 1.43 bits per heavy atom. The van der Waals surface area contributed by atoms with Gasteiger partial charge in [-0.15, -0.1) is 0 Å². The average molecular weight is 1200 g/mol. The van der Waals surface area contributed by atoms with E-state index in [4.69, 9.17) is 31.0 Å². The summed E-state index contributed by atoms with van der Waals surface area (Å²) in [4.78, 5) is 37.5. The molecule has 6 aromatic carbocycles. The maximum atomic E-state index is 13.6. The summed E-state index contributed by atoms with van der Waals surface area (Å²) in [6.07, 6.45) is 3.61. The van der Waals surface area contributed by atoms with Crippen LogP contribution < -0.4 is 5.32 Å². The number of piperazine rings is 2. The van der Waals surface area contributed by atoms with Gasteiger partial charge < -0.3 is 25.3 Å². The summed E-state index contributed by atoms with van der Waals surface area (Å²) in [5.41, 5.74) is 7.78. The van der Waals surface area contributed by atoms with Gasteiger partial charge in [-0.1, -0.05) is 152 Å². The molecule has 2 aliphatic rings. The van der Waals surface area contributed by atoms with Gasteiger partial charge in [-0.25, -0.2) is 4.79 Å². The monoisotopic (exact) mass is 1200 g/mol.